The summed E-state index contributed by atoms with van der Waals surface area (Å²) in [7, 11) is 0. The van der Waals surface area contributed by atoms with Crippen LogP contribution in [0.15, 0.2) is 24.3 Å². The smallest absolute Gasteiger partial charge is 0.146 e. The first-order valence-corrected chi connectivity index (χ1v) is 4.24. The lowest BCUT2D eigenvalue weighted by molar-refractivity contribution is 0.334. The Hall–Kier alpha value is -1.02. The predicted molar refractivity (Wildman–Crippen MR) is 50.0 cm³/mol. The van der Waals surface area contributed by atoms with Gasteiger partial charge in [0.1, 0.15) is 5.75 Å². The van der Waals surface area contributed by atoms with Crippen LogP contribution in [0.5, 0.6) is 5.75 Å². The summed E-state index contributed by atoms with van der Waals surface area (Å²) in [5.41, 5.74) is 1.33. The van der Waals surface area contributed by atoms with Gasteiger partial charge in [-0.15, -0.1) is 0 Å². The van der Waals surface area contributed by atoms with Gasteiger partial charge in [0.15, 0.2) is 0 Å². The van der Waals surface area contributed by atoms with E-state index in [2.05, 4.69) is 30.8 Å². The zero-order chi connectivity index (χ0) is 8.97. The van der Waals surface area contributed by atoms with E-state index < -0.39 is 0 Å². The second kappa shape index (κ2) is 4.12. The van der Waals surface area contributed by atoms with Crippen molar-refractivity contribution in [2.24, 2.45) is 5.90 Å². The first-order valence-electron chi connectivity index (χ1n) is 4.24. The van der Waals surface area contributed by atoms with Crippen LogP contribution in [0.2, 0.25) is 0 Å². The standard InChI is InChI=1S/C10H15NO/c1-3-8(2)9-4-6-10(12-11)7-5-9/h4-8H,3,11H2,1-2H3. The summed E-state index contributed by atoms with van der Waals surface area (Å²) in [6.07, 6.45) is 1.16. The average Bonchev–Trinajstić information content (AvgIpc) is 2.17. The number of nitrogens with two attached hydrogens (primary N) is 1. The molecule has 12 heavy (non-hydrogen) atoms. The first-order chi connectivity index (χ1) is 5.77. The molecule has 0 aromatic heterocycles. The third kappa shape index (κ3) is 1.98. The van der Waals surface area contributed by atoms with E-state index in [0.717, 1.165) is 6.42 Å². The molecule has 2 N–H and O–H groups in total. The summed E-state index contributed by atoms with van der Waals surface area (Å²) in [4.78, 5) is 4.58. The van der Waals surface area contributed by atoms with Crippen LogP contribution in [0.1, 0.15) is 31.7 Å². The monoisotopic (exact) mass is 165 g/mol. The molecule has 1 unspecified atom stereocenters. The molecule has 0 bridgehead atoms. The Morgan fingerprint density at radius 2 is 1.92 bits per heavy atom. The predicted octanol–water partition coefficient (Wildman–Crippen LogP) is 2.45. The normalized spacial score (nSPS) is 12.6. The molecular weight excluding hydrogens is 150 g/mol. The fourth-order valence-electron chi connectivity index (χ4n) is 1.11. The molecule has 0 amide bonds. The van der Waals surface area contributed by atoms with E-state index in [9.17, 15) is 0 Å². The quantitative estimate of drug-likeness (QED) is 0.698. The van der Waals surface area contributed by atoms with Crippen molar-refractivity contribution >= 4 is 0 Å². The van der Waals surface area contributed by atoms with E-state index in [1.54, 1.807) is 0 Å². The molecule has 0 fully saturated rings. The third-order valence-corrected chi connectivity index (χ3v) is 2.20. The van der Waals surface area contributed by atoms with Crippen molar-refractivity contribution in [2.75, 3.05) is 0 Å². The number of hydrogen-bond donors (Lipinski definition) is 1. The van der Waals surface area contributed by atoms with Crippen molar-refractivity contribution < 1.29 is 4.84 Å². The lowest BCUT2D eigenvalue weighted by atomic mass is 9.99. The maximum Gasteiger partial charge on any atom is 0.146 e. The van der Waals surface area contributed by atoms with Crippen LogP contribution in [-0.2, 0) is 0 Å². The minimum Gasteiger partial charge on any atom is -0.412 e. The van der Waals surface area contributed by atoms with Crippen LogP contribution in [0, 0.1) is 0 Å². The second-order valence-corrected chi connectivity index (χ2v) is 3.00. The second-order valence-electron chi connectivity index (χ2n) is 3.00. The number of benzene rings is 1. The van der Waals surface area contributed by atoms with Gasteiger partial charge in [-0.25, -0.2) is 0 Å². The van der Waals surface area contributed by atoms with Crippen LogP contribution >= 0.6 is 0 Å². The van der Waals surface area contributed by atoms with E-state index in [4.69, 9.17) is 5.90 Å². The molecule has 1 rings (SSSR count). The van der Waals surface area contributed by atoms with Crippen molar-refractivity contribution in [3.05, 3.63) is 29.8 Å². The Kier molecular flexibility index (Phi) is 3.11. The average molecular weight is 165 g/mol. The summed E-state index contributed by atoms with van der Waals surface area (Å²) in [5, 5.41) is 0. The fourth-order valence-corrected chi connectivity index (χ4v) is 1.11. The lowest BCUT2D eigenvalue weighted by Gasteiger charge is -2.08. The molecule has 0 heterocycles. The summed E-state index contributed by atoms with van der Waals surface area (Å²) in [6, 6.07) is 7.88. The van der Waals surface area contributed by atoms with E-state index in [1.807, 2.05) is 12.1 Å². The Balaban J connectivity index is 2.77. The summed E-state index contributed by atoms with van der Waals surface area (Å²) >= 11 is 0. The van der Waals surface area contributed by atoms with Gasteiger partial charge in [0, 0.05) is 0 Å². The molecule has 1 aromatic carbocycles. The van der Waals surface area contributed by atoms with Crippen LogP contribution in [0.25, 0.3) is 0 Å². The topological polar surface area (TPSA) is 35.2 Å². The van der Waals surface area contributed by atoms with Gasteiger partial charge in [-0.05, 0) is 30.0 Å². The zero-order valence-electron chi connectivity index (χ0n) is 7.58. The van der Waals surface area contributed by atoms with Crippen LogP contribution in [-0.4, -0.2) is 0 Å². The summed E-state index contributed by atoms with van der Waals surface area (Å²) in [5.74, 6) is 6.33. The summed E-state index contributed by atoms with van der Waals surface area (Å²) in [6.45, 7) is 4.39. The zero-order valence-corrected chi connectivity index (χ0v) is 7.58. The summed E-state index contributed by atoms with van der Waals surface area (Å²) < 4.78 is 0. The molecule has 2 heteroatoms. The fraction of sp³-hybridized carbons (Fsp3) is 0.400. The lowest BCUT2D eigenvalue weighted by Crippen LogP contribution is -2.01. The van der Waals surface area contributed by atoms with Gasteiger partial charge < -0.3 is 4.84 Å². The van der Waals surface area contributed by atoms with E-state index in [-0.39, 0.29) is 0 Å². The van der Waals surface area contributed by atoms with E-state index in [0.29, 0.717) is 11.7 Å². The van der Waals surface area contributed by atoms with Gasteiger partial charge >= 0.3 is 0 Å². The highest BCUT2D eigenvalue weighted by atomic mass is 16.6. The molecule has 0 aliphatic carbocycles. The van der Waals surface area contributed by atoms with Gasteiger partial charge in [-0.2, -0.15) is 5.90 Å². The molecule has 0 aliphatic heterocycles. The van der Waals surface area contributed by atoms with Crippen molar-refractivity contribution in [1.82, 2.24) is 0 Å². The highest BCUT2D eigenvalue weighted by molar-refractivity contribution is 5.28. The van der Waals surface area contributed by atoms with Crippen molar-refractivity contribution in [2.45, 2.75) is 26.2 Å². The molecule has 66 valence electrons. The van der Waals surface area contributed by atoms with Gasteiger partial charge in [0.2, 0.25) is 0 Å². The third-order valence-electron chi connectivity index (χ3n) is 2.20. The Morgan fingerprint density at radius 3 is 2.33 bits per heavy atom. The Bertz CT molecular complexity index is 230. The molecule has 2 nitrogen and oxygen atoms in total. The molecule has 0 aliphatic rings. The van der Waals surface area contributed by atoms with Gasteiger partial charge in [0.05, 0.1) is 0 Å². The van der Waals surface area contributed by atoms with Crippen LogP contribution < -0.4 is 10.7 Å². The highest BCUT2D eigenvalue weighted by Crippen LogP contribution is 2.20. The van der Waals surface area contributed by atoms with Crippen molar-refractivity contribution in [3.63, 3.8) is 0 Å². The first kappa shape index (κ1) is 9.07. The molecule has 0 saturated heterocycles. The Morgan fingerprint density at radius 1 is 1.33 bits per heavy atom. The van der Waals surface area contributed by atoms with Crippen molar-refractivity contribution in [3.8, 4) is 5.75 Å². The van der Waals surface area contributed by atoms with Gasteiger partial charge in [-0.3, -0.25) is 0 Å². The number of hydrogen-bond acceptors (Lipinski definition) is 2. The van der Waals surface area contributed by atoms with E-state index >= 15 is 0 Å². The van der Waals surface area contributed by atoms with Gasteiger partial charge in [-0.1, -0.05) is 26.0 Å². The molecule has 1 aromatic rings. The molecule has 0 radical (unpaired) electrons. The Labute approximate surface area is 73.3 Å². The van der Waals surface area contributed by atoms with E-state index in [1.165, 1.54) is 5.56 Å². The van der Waals surface area contributed by atoms with Crippen LogP contribution in [0.3, 0.4) is 0 Å². The SMILES string of the molecule is CCC(C)c1ccc(ON)cc1. The highest BCUT2D eigenvalue weighted by Gasteiger charge is 2.01. The molecule has 0 saturated carbocycles. The maximum absolute atomic E-state index is 5.01. The molecule has 1 atom stereocenters. The maximum atomic E-state index is 5.01. The minimum atomic E-state index is 0.608. The van der Waals surface area contributed by atoms with Crippen molar-refractivity contribution in [1.29, 1.82) is 0 Å². The van der Waals surface area contributed by atoms with Gasteiger partial charge in [0.25, 0.3) is 0 Å². The largest absolute Gasteiger partial charge is 0.412 e. The minimum absolute atomic E-state index is 0.608. The molecular formula is C10H15NO. The van der Waals surface area contributed by atoms with Crippen LogP contribution in [0.4, 0.5) is 0 Å². The molecule has 0 spiro atoms. The number of rotatable bonds is 3.